The van der Waals surface area contributed by atoms with Crippen molar-refractivity contribution in [3.8, 4) is 16.9 Å². The van der Waals surface area contributed by atoms with Crippen molar-refractivity contribution < 1.29 is 19.4 Å². The number of carbonyl (C=O) groups is 2. The zero-order chi connectivity index (χ0) is 16.4. The minimum absolute atomic E-state index is 0.0801. The summed E-state index contributed by atoms with van der Waals surface area (Å²) in [5.41, 5.74) is 2.34. The SMILES string of the molecule is COc1cc(-c2cccc(C(=O)NC3CC3)c2)ccc1C(=O)O. The van der Waals surface area contributed by atoms with Crippen molar-refractivity contribution in [3.63, 3.8) is 0 Å². The van der Waals surface area contributed by atoms with Crippen LogP contribution in [0.4, 0.5) is 0 Å². The summed E-state index contributed by atoms with van der Waals surface area (Å²) in [6.07, 6.45) is 2.08. The molecule has 0 spiro atoms. The highest BCUT2D eigenvalue weighted by atomic mass is 16.5. The van der Waals surface area contributed by atoms with Crippen molar-refractivity contribution in [1.82, 2.24) is 5.32 Å². The minimum atomic E-state index is -1.04. The van der Waals surface area contributed by atoms with Gasteiger partial charge in [-0.15, -0.1) is 0 Å². The Bertz CT molecular complexity index is 765. The molecular weight excluding hydrogens is 294 g/mol. The molecule has 1 fully saturated rings. The van der Waals surface area contributed by atoms with Gasteiger partial charge in [0.25, 0.3) is 5.91 Å². The summed E-state index contributed by atoms with van der Waals surface area (Å²) in [7, 11) is 1.44. The molecule has 0 aliphatic heterocycles. The Morgan fingerprint density at radius 1 is 1.13 bits per heavy atom. The van der Waals surface area contributed by atoms with E-state index in [4.69, 9.17) is 9.84 Å². The van der Waals surface area contributed by atoms with E-state index in [1.165, 1.54) is 13.2 Å². The fourth-order valence-corrected chi connectivity index (χ4v) is 2.38. The van der Waals surface area contributed by atoms with Gasteiger partial charge in [-0.25, -0.2) is 4.79 Å². The van der Waals surface area contributed by atoms with Gasteiger partial charge in [-0.2, -0.15) is 0 Å². The van der Waals surface area contributed by atoms with Gasteiger partial charge in [0.1, 0.15) is 11.3 Å². The van der Waals surface area contributed by atoms with Crippen molar-refractivity contribution in [2.24, 2.45) is 0 Å². The Hall–Kier alpha value is -2.82. The first-order chi connectivity index (χ1) is 11.1. The van der Waals surface area contributed by atoms with Gasteiger partial charge in [-0.3, -0.25) is 4.79 Å². The maximum absolute atomic E-state index is 12.1. The Kier molecular flexibility index (Phi) is 4.02. The molecule has 118 valence electrons. The summed E-state index contributed by atoms with van der Waals surface area (Å²) in [6, 6.07) is 12.5. The van der Waals surface area contributed by atoms with Crippen LogP contribution in [0.3, 0.4) is 0 Å². The Morgan fingerprint density at radius 2 is 1.87 bits per heavy atom. The van der Waals surface area contributed by atoms with Crippen molar-refractivity contribution in [2.45, 2.75) is 18.9 Å². The molecule has 5 heteroatoms. The summed E-state index contributed by atoms with van der Waals surface area (Å²) in [5, 5.41) is 12.1. The second-order valence-electron chi connectivity index (χ2n) is 5.55. The lowest BCUT2D eigenvalue weighted by Gasteiger charge is -2.09. The van der Waals surface area contributed by atoms with Crippen molar-refractivity contribution in [3.05, 3.63) is 53.6 Å². The normalized spacial score (nSPS) is 13.4. The average Bonchev–Trinajstić information content (AvgIpc) is 3.38. The Morgan fingerprint density at radius 3 is 2.52 bits per heavy atom. The molecular formula is C18H17NO4. The summed E-state index contributed by atoms with van der Waals surface area (Å²) < 4.78 is 5.15. The van der Waals surface area contributed by atoms with Crippen LogP contribution in [0.2, 0.25) is 0 Å². The second kappa shape index (κ2) is 6.12. The van der Waals surface area contributed by atoms with Gasteiger partial charge in [-0.1, -0.05) is 18.2 Å². The number of carboxylic acids is 1. The first-order valence-electron chi connectivity index (χ1n) is 7.41. The van der Waals surface area contributed by atoms with Gasteiger partial charge in [0.15, 0.2) is 0 Å². The molecule has 2 N–H and O–H groups in total. The molecule has 2 aromatic rings. The third-order valence-corrected chi connectivity index (χ3v) is 3.80. The number of ether oxygens (including phenoxy) is 1. The molecule has 23 heavy (non-hydrogen) atoms. The lowest BCUT2D eigenvalue weighted by molar-refractivity contribution is 0.0693. The number of hydrogen-bond donors (Lipinski definition) is 2. The minimum Gasteiger partial charge on any atom is -0.496 e. The Labute approximate surface area is 133 Å². The summed E-state index contributed by atoms with van der Waals surface area (Å²) >= 11 is 0. The predicted molar refractivity (Wildman–Crippen MR) is 85.9 cm³/mol. The molecule has 0 bridgehead atoms. The van der Waals surface area contributed by atoms with Crippen LogP contribution in [0.5, 0.6) is 5.75 Å². The highest BCUT2D eigenvalue weighted by molar-refractivity contribution is 5.96. The number of methoxy groups -OCH3 is 1. The fourth-order valence-electron chi connectivity index (χ4n) is 2.38. The van der Waals surface area contributed by atoms with E-state index in [0.29, 0.717) is 17.4 Å². The Balaban J connectivity index is 1.91. The largest absolute Gasteiger partial charge is 0.496 e. The van der Waals surface area contributed by atoms with E-state index < -0.39 is 5.97 Å². The first-order valence-corrected chi connectivity index (χ1v) is 7.41. The van der Waals surface area contributed by atoms with Crippen LogP contribution in [0.1, 0.15) is 33.6 Å². The molecule has 0 atom stereocenters. The molecule has 0 unspecified atom stereocenters. The highest BCUT2D eigenvalue weighted by Crippen LogP contribution is 2.28. The van der Waals surface area contributed by atoms with Gasteiger partial charge in [0, 0.05) is 11.6 Å². The first kappa shape index (κ1) is 15.1. The van der Waals surface area contributed by atoms with E-state index in [1.54, 1.807) is 24.3 Å². The topological polar surface area (TPSA) is 75.6 Å². The van der Waals surface area contributed by atoms with E-state index >= 15 is 0 Å². The zero-order valence-electron chi connectivity index (χ0n) is 12.7. The number of nitrogens with one attached hydrogen (secondary N) is 1. The van der Waals surface area contributed by atoms with Crippen LogP contribution in [-0.2, 0) is 0 Å². The molecule has 1 aliphatic rings. The predicted octanol–water partition coefficient (Wildman–Crippen LogP) is 2.95. The third kappa shape index (κ3) is 3.34. The second-order valence-corrected chi connectivity index (χ2v) is 5.55. The number of carboxylic acid groups (broad SMARTS) is 1. The molecule has 0 radical (unpaired) electrons. The third-order valence-electron chi connectivity index (χ3n) is 3.80. The fraction of sp³-hybridized carbons (Fsp3) is 0.222. The van der Waals surface area contributed by atoms with E-state index in [0.717, 1.165) is 24.0 Å². The molecule has 1 saturated carbocycles. The number of aromatic carboxylic acids is 1. The zero-order valence-corrected chi connectivity index (χ0v) is 12.7. The summed E-state index contributed by atoms with van der Waals surface area (Å²) in [5.74, 6) is -0.822. The van der Waals surface area contributed by atoms with E-state index in [-0.39, 0.29) is 11.5 Å². The number of carbonyl (C=O) groups excluding carboxylic acids is 1. The average molecular weight is 311 g/mol. The molecule has 5 nitrogen and oxygen atoms in total. The van der Waals surface area contributed by atoms with Crippen LogP contribution >= 0.6 is 0 Å². The van der Waals surface area contributed by atoms with E-state index in [9.17, 15) is 9.59 Å². The lowest BCUT2D eigenvalue weighted by Crippen LogP contribution is -2.25. The molecule has 0 saturated heterocycles. The number of rotatable bonds is 5. The van der Waals surface area contributed by atoms with Crippen molar-refractivity contribution in [2.75, 3.05) is 7.11 Å². The molecule has 3 rings (SSSR count). The van der Waals surface area contributed by atoms with Gasteiger partial charge < -0.3 is 15.2 Å². The van der Waals surface area contributed by atoms with Crippen molar-refractivity contribution >= 4 is 11.9 Å². The molecule has 2 aromatic carbocycles. The summed E-state index contributed by atoms with van der Waals surface area (Å²) in [4.78, 5) is 23.3. The van der Waals surface area contributed by atoms with Crippen LogP contribution in [0, 0.1) is 0 Å². The maximum atomic E-state index is 12.1. The maximum Gasteiger partial charge on any atom is 0.339 e. The smallest absolute Gasteiger partial charge is 0.339 e. The van der Waals surface area contributed by atoms with E-state index in [2.05, 4.69) is 5.32 Å². The summed E-state index contributed by atoms with van der Waals surface area (Å²) in [6.45, 7) is 0. The quantitative estimate of drug-likeness (QED) is 0.890. The van der Waals surface area contributed by atoms with Crippen LogP contribution < -0.4 is 10.1 Å². The van der Waals surface area contributed by atoms with Crippen LogP contribution in [0.25, 0.3) is 11.1 Å². The van der Waals surface area contributed by atoms with Gasteiger partial charge in [-0.05, 0) is 48.2 Å². The molecule has 1 aliphatic carbocycles. The van der Waals surface area contributed by atoms with Crippen LogP contribution in [0.15, 0.2) is 42.5 Å². The monoisotopic (exact) mass is 311 g/mol. The van der Waals surface area contributed by atoms with Crippen LogP contribution in [-0.4, -0.2) is 30.1 Å². The lowest BCUT2D eigenvalue weighted by atomic mass is 10.0. The van der Waals surface area contributed by atoms with E-state index in [1.807, 2.05) is 12.1 Å². The number of hydrogen-bond acceptors (Lipinski definition) is 3. The standard InChI is InChI=1S/C18H17NO4/c1-23-16-10-12(5-8-15(16)18(21)22)11-3-2-4-13(9-11)17(20)19-14-6-7-14/h2-5,8-10,14H,6-7H2,1H3,(H,19,20)(H,21,22). The number of amides is 1. The van der Waals surface area contributed by atoms with Crippen molar-refractivity contribution in [1.29, 1.82) is 0 Å². The number of benzene rings is 2. The molecule has 1 amide bonds. The highest BCUT2D eigenvalue weighted by Gasteiger charge is 2.23. The molecule has 0 aromatic heterocycles. The van der Waals surface area contributed by atoms with Gasteiger partial charge >= 0.3 is 5.97 Å². The van der Waals surface area contributed by atoms with Gasteiger partial charge in [0.2, 0.25) is 0 Å². The molecule has 0 heterocycles. The van der Waals surface area contributed by atoms with Gasteiger partial charge in [0.05, 0.1) is 7.11 Å².